The van der Waals surface area contributed by atoms with Crippen molar-refractivity contribution >= 4 is 23.8 Å². The van der Waals surface area contributed by atoms with Gasteiger partial charge in [-0.05, 0) is 50.5 Å². The van der Waals surface area contributed by atoms with E-state index >= 15 is 0 Å². The Morgan fingerprint density at radius 2 is 1.91 bits per heavy atom. The summed E-state index contributed by atoms with van der Waals surface area (Å²) >= 11 is 0. The van der Waals surface area contributed by atoms with Crippen LogP contribution in [0.1, 0.15) is 56.9 Å². The molecule has 1 aromatic carbocycles. The number of allylic oxidation sites excluding steroid dienone is 1. The minimum atomic E-state index is -1.02. The molecule has 2 fully saturated rings. The number of fused-ring (bicyclic) bond motifs is 2. The highest BCUT2D eigenvalue weighted by atomic mass is 16.6. The zero-order chi connectivity index (χ0) is 24.8. The molecular weight excluding hydrogens is 448 g/mol. The van der Waals surface area contributed by atoms with E-state index in [0.717, 1.165) is 24.8 Å². The van der Waals surface area contributed by atoms with Crippen LogP contribution in [0.15, 0.2) is 42.5 Å². The second kappa shape index (κ2) is 10.9. The topological polar surface area (TPSA) is 131 Å². The average Bonchev–Trinajstić information content (AvgIpc) is 3.30. The molecule has 4 atom stereocenters. The van der Waals surface area contributed by atoms with Crippen molar-refractivity contribution in [2.24, 2.45) is 11.7 Å². The number of hydrogen-bond acceptors (Lipinski definition) is 5. The van der Waals surface area contributed by atoms with Gasteiger partial charge in [0, 0.05) is 19.0 Å². The lowest BCUT2D eigenvalue weighted by Gasteiger charge is -2.29. The van der Waals surface area contributed by atoms with E-state index in [4.69, 9.17) is 10.5 Å². The van der Waals surface area contributed by atoms with E-state index in [1.807, 2.05) is 36.4 Å². The SMILES string of the molecule is NC(=O)OC1CCCCCC=CC2CC2(C(=O)NCc2ccccc2)NC(=O)C2CCCN2C1=O. The lowest BCUT2D eigenvalue weighted by molar-refractivity contribution is -0.146. The molecule has 2 aliphatic heterocycles. The van der Waals surface area contributed by atoms with Crippen LogP contribution in [-0.2, 0) is 25.7 Å². The van der Waals surface area contributed by atoms with E-state index in [1.54, 1.807) is 0 Å². The third-order valence-electron chi connectivity index (χ3n) is 7.14. The molecule has 1 saturated heterocycles. The molecule has 4 N–H and O–H groups in total. The largest absolute Gasteiger partial charge is 0.436 e. The van der Waals surface area contributed by atoms with Crippen LogP contribution in [0.4, 0.5) is 4.79 Å². The number of nitrogens with zero attached hydrogens (tertiary/aromatic N) is 1. The van der Waals surface area contributed by atoms with E-state index < -0.39 is 29.7 Å². The maximum atomic E-state index is 13.4. The first-order valence-electron chi connectivity index (χ1n) is 12.5. The van der Waals surface area contributed by atoms with Gasteiger partial charge in [-0.1, -0.05) is 48.9 Å². The van der Waals surface area contributed by atoms with Crippen LogP contribution in [0.5, 0.6) is 0 Å². The summed E-state index contributed by atoms with van der Waals surface area (Å²) in [6, 6.07) is 8.90. The number of carbonyl (C=O) groups excluding carboxylic acids is 4. The third kappa shape index (κ3) is 5.83. The molecule has 0 spiro atoms. The summed E-state index contributed by atoms with van der Waals surface area (Å²) in [5, 5.41) is 5.97. The normalized spacial score (nSPS) is 29.1. The standard InChI is InChI=1S/C26H34N4O5/c27-25(34)35-21-14-8-3-1-2-7-12-19-16-26(19,24(33)28-17-18-10-5-4-6-11-18)29-22(31)20-13-9-15-30(20)23(21)32/h4-7,10-12,19-21H,1-3,8-9,13-17H2,(H2,27,34)(H,28,33)(H,29,31). The smallest absolute Gasteiger partial charge is 0.405 e. The molecule has 0 bridgehead atoms. The summed E-state index contributed by atoms with van der Waals surface area (Å²) in [5.74, 6) is -1.07. The molecule has 1 saturated carbocycles. The summed E-state index contributed by atoms with van der Waals surface area (Å²) in [6.07, 6.45) is 7.43. The van der Waals surface area contributed by atoms with Crippen LogP contribution < -0.4 is 16.4 Å². The number of primary amides is 1. The fourth-order valence-corrected chi connectivity index (χ4v) is 5.11. The van der Waals surface area contributed by atoms with Crippen molar-refractivity contribution in [3.63, 3.8) is 0 Å². The number of nitrogens with one attached hydrogen (secondary N) is 2. The number of carbonyl (C=O) groups is 4. The Kier molecular flexibility index (Phi) is 7.73. The molecule has 0 radical (unpaired) electrons. The van der Waals surface area contributed by atoms with E-state index in [9.17, 15) is 19.2 Å². The number of hydrogen-bond donors (Lipinski definition) is 3. The molecule has 35 heavy (non-hydrogen) atoms. The minimum Gasteiger partial charge on any atom is -0.436 e. The van der Waals surface area contributed by atoms with Gasteiger partial charge >= 0.3 is 6.09 Å². The lowest BCUT2D eigenvalue weighted by Crippen LogP contribution is -2.56. The highest BCUT2D eigenvalue weighted by Crippen LogP contribution is 2.45. The Bertz CT molecular complexity index is 981. The summed E-state index contributed by atoms with van der Waals surface area (Å²) in [7, 11) is 0. The van der Waals surface area contributed by atoms with E-state index in [0.29, 0.717) is 45.2 Å². The molecule has 1 aromatic rings. The van der Waals surface area contributed by atoms with Gasteiger partial charge in [0.05, 0.1) is 0 Å². The Balaban J connectivity index is 1.52. The van der Waals surface area contributed by atoms with Crippen molar-refractivity contribution in [1.29, 1.82) is 0 Å². The molecule has 0 aromatic heterocycles. The zero-order valence-corrected chi connectivity index (χ0v) is 19.9. The first kappa shape index (κ1) is 24.8. The third-order valence-corrected chi connectivity index (χ3v) is 7.14. The van der Waals surface area contributed by atoms with E-state index in [2.05, 4.69) is 16.7 Å². The maximum Gasteiger partial charge on any atom is 0.405 e. The molecule has 9 heteroatoms. The number of ether oxygens (including phenoxy) is 1. The van der Waals surface area contributed by atoms with Gasteiger partial charge in [-0.2, -0.15) is 0 Å². The average molecular weight is 483 g/mol. The molecule has 4 rings (SSSR count). The summed E-state index contributed by atoms with van der Waals surface area (Å²) in [6.45, 7) is 0.764. The van der Waals surface area contributed by atoms with Crippen molar-refractivity contribution in [2.45, 2.75) is 75.6 Å². The van der Waals surface area contributed by atoms with Crippen LogP contribution in [0.2, 0.25) is 0 Å². The number of nitrogens with two attached hydrogens (primary N) is 1. The number of benzene rings is 1. The maximum absolute atomic E-state index is 13.4. The number of rotatable bonds is 4. The van der Waals surface area contributed by atoms with Crippen molar-refractivity contribution in [3.05, 3.63) is 48.0 Å². The van der Waals surface area contributed by atoms with E-state index in [-0.39, 0.29) is 17.7 Å². The van der Waals surface area contributed by atoms with Crippen molar-refractivity contribution < 1.29 is 23.9 Å². The Labute approximate surface area is 205 Å². The lowest BCUT2D eigenvalue weighted by atomic mass is 10.1. The second-order valence-electron chi connectivity index (χ2n) is 9.62. The molecule has 2 heterocycles. The summed E-state index contributed by atoms with van der Waals surface area (Å²) in [5.41, 5.74) is 5.16. The monoisotopic (exact) mass is 482 g/mol. The van der Waals surface area contributed by atoms with Crippen molar-refractivity contribution in [3.8, 4) is 0 Å². The van der Waals surface area contributed by atoms with Gasteiger partial charge in [-0.25, -0.2) is 4.79 Å². The van der Waals surface area contributed by atoms with Crippen LogP contribution in [0.3, 0.4) is 0 Å². The highest BCUT2D eigenvalue weighted by molar-refractivity contribution is 5.98. The molecule has 3 aliphatic rings. The first-order chi connectivity index (χ1) is 16.9. The highest BCUT2D eigenvalue weighted by Gasteiger charge is 2.60. The Morgan fingerprint density at radius 3 is 2.69 bits per heavy atom. The van der Waals surface area contributed by atoms with Gasteiger partial charge < -0.3 is 26.0 Å². The molecule has 9 nitrogen and oxygen atoms in total. The fraction of sp³-hybridized carbons (Fsp3) is 0.538. The van der Waals surface area contributed by atoms with Crippen molar-refractivity contribution in [2.75, 3.05) is 6.54 Å². The van der Waals surface area contributed by atoms with Gasteiger partial charge in [0.2, 0.25) is 11.8 Å². The predicted octanol–water partition coefficient (Wildman–Crippen LogP) is 2.15. The van der Waals surface area contributed by atoms with Crippen LogP contribution in [0.25, 0.3) is 0 Å². The Hall–Kier alpha value is -3.36. The summed E-state index contributed by atoms with van der Waals surface area (Å²) < 4.78 is 5.13. The van der Waals surface area contributed by atoms with Crippen LogP contribution in [-0.4, -0.2) is 52.9 Å². The van der Waals surface area contributed by atoms with Gasteiger partial charge in [-0.15, -0.1) is 0 Å². The first-order valence-corrected chi connectivity index (χ1v) is 12.5. The minimum absolute atomic E-state index is 0.0937. The molecule has 188 valence electrons. The molecule has 1 aliphatic carbocycles. The second-order valence-corrected chi connectivity index (χ2v) is 9.62. The van der Waals surface area contributed by atoms with Crippen LogP contribution in [0, 0.1) is 5.92 Å². The number of amides is 4. The summed E-state index contributed by atoms with van der Waals surface area (Å²) in [4.78, 5) is 52.8. The zero-order valence-electron chi connectivity index (χ0n) is 19.9. The predicted molar refractivity (Wildman–Crippen MR) is 129 cm³/mol. The van der Waals surface area contributed by atoms with E-state index in [1.165, 1.54) is 4.90 Å². The van der Waals surface area contributed by atoms with Crippen molar-refractivity contribution in [1.82, 2.24) is 15.5 Å². The van der Waals surface area contributed by atoms with Gasteiger partial charge in [0.15, 0.2) is 6.10 Å². The molecule has 4 unspecified atom stereocenters. The van der Waals surface area contributed by atoms with Crippen LogP contribution >= 0.6 is 0 Å². The molecular formula is C26H34N4O5. The quantitative estimate of drug-likeness (QED) is 0.566. The van der Waals surface area contributed by atoms with Gasteiger partial charge in [0.25, 0.3) is 5.91 Å². The Morgan fingerprint density at radius 1 is 1.11 bits per heavy atom. The fourth-order valence-electron chi connectivity index (χ4n) is 5.11. The van der Waals surface area contributed by atoms with Gasteiger partial charge in [-0.3, -0.25) is 14.4 Å². The van der Waals surface area contributed by atoms with Gasteiger partial charge in [0.1, 0.15) is 11.6 Å². The molecule has 4 amide bonds.